The number of hydrogen-bond donors (Lipinski definition) is 3. The monoisotopic (exact) mass is 1150 g/mol. The number of nitrogens with zero attached hydrogens (tertiary/aromatic N) is 8. The van der Waals surface area contributed by atoms with E-state index in [2.05, 4.69) is 132 Å². The maximum absolute atomic E-state index is 13.4. The number of amides is 3. The molecule has 9 rings (SSSR count). The van der Waals surface area contributed by atoms with Crippen molar-refractivity contribution >= 4 is 82.9 Å². The largest absolute Gasteiger partial charge is 0.395 e. The quantitative estimate of drug-likeness (QED) is 0.0899. The van der Waals surface area contributed by atoms with Crippen molar-refractivity contribution in [3.05, 3.63) is 128 Å². The van der Waals surface area contributed by atoms with Crippen LogP contribution in [0.4, 0.5) is 0 Å². The highest BCUT2D eigenvalue weighted by Crippen LogP contribution is 2.42. The number of halogens is 2. The van der Waals surface area contributed by atoms with Crippen molar-refractivity contribution in [3.8, 4) is 11.3 Å². The number of aryl methyl sites for hydroxylation is 1. The highest BCUT2D eigenvalue weighted by atomic mass is 79.9. The highest BCUT2D eigenvalue weighted by molar-refractivity contribution is 9.10. The van der Waals surface area contributed by atoms with Crippen LogP contribution in [-0.2, 0) is 41.1 Å². The molecule has 0 radical (unpaired) electrons. The van der Waals surface area contributed by atoms with Gasteiger partial charge in [-0.2, -0.15) is 5.10 Å². The fourth-order valence-electron chi connectivity index (χ4n) is 9.72. The van der Waals surface area contributed by atoms with Crippen LogP contribution in [0.1, 0.15) is 84.3 Å². The molecule has 15 nitrogen and oxygen atoms in total. The van der Waals surface area contributed by atoms with Crippen LogP contribution < -0.4 is 10.9 Å². The van der Waals surface area contributed by atoms with E-state index in [1.54, 1.807) is 16.6 Å². The number of fused-ring (bicyclic) bond motifs is 4. The van der Waals surface area contributed by atoms with Crippen LogP contribution in [0.2, 0.25) is 0 Å². The summed E-state index contributed by atoms with van der Waals surface area (Å²) in [6.07, 6.45) is 4.51. The first-order valence-electron chi connectivity index (χ1n) is 25.9. The van der Waals surface area contributed by atoms with E-state index in [1.807, 2.05) is 69.0 Å². The summed E-state index contributed by atoms with van der Waals surface area (Å²) in [7, 11) is 3.82. The smallest absolute Gasteiger partial charge is 0.281 e. The van der Waals surface area contributed by atoms with Gasteiger partial charge in [-0.3, -0.25) is 28.4 Å². The molecule has 400 valence electrons. The number of aliphatic hydroxyl groups is 2. The van der Waals surface area contributed by atoms with E-state index >= 15 is 0 Å². The van der Waals surface area contributed by atoms with Crippen LogP contribution in [0, 0.1) is 10.8 Å². The molecule has 75 heavy (non-hydrogen) atoms. The summed E-state index contributed by atoms with van der Waals surface area (Å²) in [5.74, 6) is 0.681. The van der Waals surface area contributed by atoms with Crippen molar-refractivity contribution < 1.29 is 24.6 Å². The molecule has 1 atom stereocenters. The molecule has 3 aromatic heterocycles. The molecule has 2 aliphatic rings. The lowest BCUT2D eigenvalue weighted by Crippen LogP contribution is -2.51. The number of rotatable bonds is 14. The van der Waals surface area contributed by atoms with Crippen molar-refractivity contribution in [2.45, 2.75) is 98.4 Å². The third kappa shape index (κ3) is 13.3. The number of carbonyl (C=O) groups excluding carboxylic acids is 3. The van der Waals surface area contributed by atoms with Crippen molar-refractivity contribution in [2.75, 3.05) is 52.9 Å². The predicted octanol–water partition coefficient (Wildman–Crippen LogP) is 9.12. The van der Waals surface area contributed by atoms with Gasteiger partial charge in [0.05, 0.1) is 30.8 Å². The Morgan fingerprint density at radius 2 is 1.44 bits per heavy atom. The number of aromatic nitrogens is 5. The van der Waals surface area contributed by atoms with Gasteiger partial charge in [0.15, 0.2) is 5.52 Å². The molecule has 3 N–H and O–H groups in total. The predicted molar refractivity (Wildman–Crippen MR) is 305 cm³/mol. The Balaban J connectivity index is 0.000000236. The lowest BCUT2D eigenvalue weighted by atomic mass is 9.65. The summed E-state index contributed by atoms with van der Waals surface area (Å²) in [6.45, 7) is 17.4. The molecule has 17 heteroatoms. The maximum Gasteiger partial charge on any atom is 0.281 e. The van der Waals surface area contributed by atoms with E-state index in [9.17, 15) is 29.4 Å². The van der Waals surface area contributed by atoms with Gasteiger partial charge in [0, 0.05) is 108 Å². The van der Waals surface area contributed by atoms with E-state index in [1.165, 1.54) is 33.7 Å². The molecule has 5 heterocycles. The van der Waals surface area contributed by atoms with E-state index in [-0.39, 0.29) is 36.0 Å². The third-order valence-electron chi connectivity index (χ3n) is 15.6. The summed E-state index contributed by atoms with van der Waals surface area (Å²) >= 11 is 7.03. The first kappa shape index (κ1) is 57.0. The van der Waals surface area contributed by atoms with Crippen LogP contribution in [0.5, 0.6) is 0 Å². The van der Waals surface area contributed by atoms with Gasteiger partial charge in [-0.15, -0.1) is 0 Å². The Bertz CT molecular complexity index is 3090. The number of benzene rings is 4. The fraction of sp³-hybridized carbons (Fsp3) is 0.448. The van der Waals surface area contributed by atoms with Crippen LogP contribution >= 0.6 is 31.9 Å². The number of nitrogens with one attached hydrogen (secondary N) is 1. The van der Waals surface area contributed by atoms with E-state index < -0.39 is 16.4 Å². The number of carbonyl (C=O) groups is 3. The zero-order valence-corrected chi connectivity index (χ0v) is 47.8. The number of likely N-dealkylation sites (tertiary alicyclic amines) is 1. The minimum atomic E-state index is -1.10. The molecule has 4 aromatic carbocycles. The third-order valence-corrected chi connectivity index (χ3v) is 16.6. The second-order valence-electron chi connectivity index (χ2n) is 21.4. The molecule has 2 fully saturated rings. The zero-order valence-electron chi connectivity index (χ0n) is 44.7. The van der Waals surface area contributed by atoms with E-state index in [0.717, 1.165) is 50.6 Å². The van der Waals surface area contributed by atoms with Crippen LogP contribution in [-0.4, -0.2) is 126 Å². The summed E-state index contributed by atoms with van der Waals surface area (Å²) in [5.41, 5.74) is 4.06. The summed E-state index contributed by atoms with van der Waals surface area (Å²) in [5, 5.41) is 30.2. The number of piperazine rings is 1. The standard InChI is InChI=1S/C34H48N8O5.C14H11Br2NO.C10H14/c1-32(2,19-26(44)41-17-15-38(5)16-18-41)33(3,4)31(46)35-20-24-7-9-25(10-8-24)29-27-28(37-39(29)6)30(45)42(22-36-27)21-34(47)11-13-40(23-43)14-12-34;15-9-1-3-13-11(7-9)12-8-10(16)2-4-14(12)17(13)5-6-18;1-3-9(2)10-7-5-4-6-8-10/h7-10,22-23,47H,11-21H2,1-6H3,(H,35,46);1-4,7-8,18H,5-6H2;4-9H,3H2,1-2H3. The number of likely N-dealkylation sites (N-methyl/N-ethyl adjacent to an activating group) is 1. The van der Waals surface area contributed by atoms with E-state index in [0.29, 0.717) is 75.7 Å². The molecule has 0 spiro atoms. The van der Waals surface area contributed by atoms with Gasteiger partial charge in [0.2, 0.25) is 18.2 Å². The van der Waals surface area contributed by atoms with Gasteiger partial charge >= 0.3 is 0 Å². The van der Waals surface area contributed by atoms with Gasteiger partial charge in [0.25, 0.3) is 5.56 Å². The van der Waals surface area contributed by atoms with Crippen LogP contribution in [0.25, 0.3) is 44.1 Å². The second kappa shape index (κ2) is 24.5. The van der Waals surface area contributed by atoms with Gasteiger partial charge in [-0.05, 0) is 85.2 Å². The number of hydrogen-bond acceptors (Lipinski definition) is 9. The molecule has 3 amide bonds. The Kier molecular flexibility index (Phi) is 18.6. The summed E-state index contributed by atoms with van der Waals surface area (Å²) < 4.78 is 7.32. The Hall–Kier alpha value is -5.72. The minimum absolute atomic E-state index is 0.0777. The maximum atomic E-state index is 13.4. The summed E-state index contributed by atoms with van der Waals surface area (Å²) in [4.78, 5) is 61.2. The van der Waals surface area contributed by atoms with Gasteiger partial charge < -0.3 is 34.8 Å². The van der Waals surface area contributed by atoms with Gasteiger partial charge in [-0.1, -0.05) is 128 Å². The number of aliphatic hydroxyl groups excluding tert-OH is 1. The number of piperidine rings is 1. The zero-order chi connectivity index (χ0) is 54.2. The average molecular weight is 1150 g/mol. The van der Waals surface area contributed by atoms with Crippen molar-refractivity contribution in [2.24, 2.45) is 17.9 Å². The Morgan fingerprint density at radius 3 is 2.00 bits per heavy atom. The molecule has 0 aliphatic carbocycles. The first-order chi connectivity index (χ1) is 35.7. The van der Waals surface area contributed by atoms with E-state index in [4.69, 9.17) is 0 Å². The SMILES string of the molecule is CCC(C)c1ccccc1.CN1CCN(C(=O)CC(C)(C)C(C)(C)C(=O)NCc2ccc(-c3c4ncn(CC5(O)CCN(C=O)CC5)c(=O)c4nn3C)cc2)CC1.OCCn1c2ccc(Br)cc2c2cc(Br)ccc21. The second-order valence-corrected chi connectivity index (χ2v) is 23.2. The lowest BCUT2D eigenvalue weighted by Gasteiger charge is -2.42. The molecule has 7 aromatic rings. The Labute approximate surface area is 457 Å². The van der Waals surface area contributed by atoms with Crippen LogP contribution in [0.3, 0.4) is 0 Å². The molecule has 1 unspecified atom stereocenters. The minimum Gasteiger partial charge on any atom is -0.395 e. The molecular formula is C58H73Br2N9O6. The Morgan fingerprint density at radius 1 is 0.840 bits per heavy atom. The molecule has 0 bridgehead atoms. The van der Waals surface area contributed by atoms with Gasteiger partial charge in [-0.25, -0.2) is 4.98 Å². The topological polar surface area (TPSA) is 171 Å². The normalized spacial score (nSPS) is 15.5. The molecule has 0 saturated carbocycles. The van der Waals surface area contributed by atoms with Crippen molar-refractivity contribution in [1.29, 1.82) is 0 Å². The fourth-order valence-corrected chi connectivity index (χ4v) is 10.4. The lowest BCUT2D eigenvalue weighted by molar-refractivity contribution is -0.142. The average Bonchev–Trinajstić information content (AvgIpc) is 3.89. The molecule has 2 saturated heterocycles. The van der Waals surface area contributed by atoms with Gasteiger partial charge in [0.1, 0.15) is 5.52 Å². The molecule has 2 aliphatic heterocycles. The van der Waals surface area contributed by atoms with Crippen LogP contribution in [0.15, 0.2) is 111 Å². The van der Waals surface area contributed by atoms with Crippen molar-refractivity contribution in [3.63, 3.8) is 0 Å². The first-order valence-corrected chi connectivity index (χ1v) is 27.5. The highest BCUT2D eigenvalue weighted by Gasteiger charge is 2.45. The van der Waals surface area contributed by atoms with Crippen molar-refractivity contribution in [1.82, 2.24) is 43.9 Å². The molecular weight excluding hydrogens is 1080 g/mol. The summed E-state index contributed by atoms with van der Waals surface area (Å²) in [6, 6.07) is 30.8.